The largest absolute Gasteiger partial charge is 0.417 e. The van der Waals surface area contributed by atoms with Crippen molar-refractivity contribution in [2.45, 2.75) is 13.0 Å². The first-order valence-electron chi connectivity index (χ1n) is 6.76. The molecule has 1 atom stereocenters. The first-order valence-corrected chi connectivity index (χ1v) is 8.02. The van der Waals surface area contributed by atoms with Gasteiger partial charge in [0.1, 0.15) is 0 Å². The molecular weight excluding hydrogens is 336 g/mol. The normalized spacial score (nSPS) is 13.0. The second-order valence-corrected chi connectivity index (χ2v) is 6.04. The highest BCUT2D eigenvalue weighted by Gasteiger charge is 2.17. The molecule has 0 aliphatic rings. The minimum absolute atomic E-state index is 0.307. The predicted octanol–water partition coefficient (Wildman–Crippen LogP) is 3.85. The van der Waals surface area contributed by atoms with Crippen LogP contribution in [0.3, 0.4) is 0 Å². The molecule has 0 spiro atoms. The van der Waals surface area contributed by atoms with Crippen LogP contribution in [0, 0.1) is 0 Å². The zero-order valence-electron chi connectivity index (χ0n) is 12.1. The van der Waals surface area contributed by atoms with E-state index in [0.717, 1.165) is 10.4 Å². The van der Waals surface area contributed by atoms with Crippen LogP contribution in [0.15, 0.2) is 51.4 Å². The molecule has 0 fully saturated rings. The lowest BCUT2D eigenvalue weighted by Gasteiger charge is -2.05. The summed E-state index contributed by atoms with van der Waals surface area (Å²) in [7, 11) is 0. The van der Waals surface area contributed by atoms with Gasteiger partial charge in [0.15, 0.2) is 5.84 Å². The number of nitrogens with two attached hydrogens (primary N) is 1. The molecule has 8 heteroatoms. The smallest absolute Gasteiger partial charge is 0.259 e. The van der Waals surface area contributed by atoms with Gasteiger partial charge in [0, 0.05) is 10.6 Å². The second-order valence-electron chi connectivity index (χ2n) is 4.66. The summed E-state index contributed by atoms with van der Waals surface area (Å²) in [6.07, 6.45) is -0.519. The van der Waals surface area contributed by atoms with Crippen LogP contribution in [0.4, 0.5) is 0 Å². The molecule has 6 nitrogen and oxygen atoms in total. The number of amidine groups is 1. The highest BCUT2D eigenvalue weighted by Crippen LogP contribution is 2.24. The van der Waals surface area contributed by atoms with Crippen molar-refractivity contribution >= 4 is 28.8 Å². The number of hydrogen-bond acceptors (Lipinski definition) is 6. The summed E-state index contributed by atoms with van der Waals surface area (Å²) in [5, 5.41) is 14.4. The van der Waals surface area contributed by atoms with Crippen molar-refractivity contribution in [3.8, 4) is 11.5 Å². The highest BCUT2D eigenvalue weighted by atomic mass is 35.5. The average molecular weight is 349 g/mol. The van der Waals surface area contributed by atoms with Crippen molar-refractivity contribution in [3.05, 3.63) is 57.6 Å². The summed E-state index contributed by atoms with van der Waals surface area (Å²) in [5.41, 5.74) is 6.57. The molecule has 1 unspecified atom stereocenters. The molecule has 1 aromatic carbocycles. The first-order chi connectivity index (χ1) is 11.1. The van der Waals surface area contributed by atoms with Gasteiger partial charge in [-0.15, -0.1) is 21.5 Å². The van der Waals surface area contributed by atoms with E-state index in [2.05, 4.69) is 15.4 Å². The molecule has 2 aromatic heterocycles. The van der Waals surface area contributed by atoms with Crippen molar-refractivity contribution in [3.63, 3.8) is 0 Å². The van der Waals surface area contributed by atoms with Crippen LogP contribution in [0.5, 0.6) is 0 Å². The van der Waals surface area contributed by atoms with Crippen molar-refractivity contribution < 1.29 is 9.25 Å². The standard InChI is InChI=1S/C15H13ClN4O2S/c1-9(22-20-13(17)12-6-3-7-23-12)14-18-19-15(21-14)10-4-2-5-11(16)8-10/h2-9H,1H3,(H2,17,20). The van der Waals surface area contributed by atoms with Crippen LogP contribution in [0.1, 0.15) is 23.8 Å². The van der Waals surface area contributed by atoms with Gasteiger partial charge in [0.25, 0.3) is 5.89 Å². The van der Waals surface area contributed by atoms with Gasteiger partial charge >= 0.3 is 0 Å². The molecule has 0 bridgehead atoms. The Labute approximate surface area is 141 Å². The summed E-state index contributed by atoms with van der Waals surface area (Å²) >= 11 is 7.43. The fourth-order valence-corrected chi connectivity index (χ4v) is 2.60. The fourth-order valence-electron chi connectivity index (χ4n) is 1.79. The molecule has 0 amide bonds. The lowest BCUT2D eigenvalue weighted by Crippen LogP contribution is -2.12. The Morgan fingerprint density at radius 3 is 2.96 bits per heavy atom. The SMILES string of the molecule is CC(O/N=C(\N)c1cccs1)c1nnc(-c2cccc(Cl)c2)o1. The minimum Gasteiger partial charge on any atom is -0.417 e. The van der Waals surface area contributed by atoms with E-state index >= 15 is 0 Å². The van der Waals surface area contributed by atoms with Gasteiger partial charge in [0.2, 0.25) is 12.0 Å². The monoisotopic (exact) mass is 348 g/mol. The van der Waals surface area contributed by atoms with Gasteiger partial charge in [0.05, 0.1) is 4.88 Å². The molecule has 0 saturated carbocycles. The zero-order valence-corrected chi connectivity index (χ0v) is 13.7. The third-order valence-corrected chi connectivity index (χ3v) is 4.07. The quantitative estimate of drug-likeness (QED) is 0.430. The fraction of sp³-hybridized carbons (Fsp3) is 0.133. The van der Waals surface area contributed by atoms with E-state index in [4.69, 9.17) is 26.6 Å². The third kappa shape index (κ3) is 3.69. The summed E-state index contributed by atoms with van der Waals surface area (Å²) in [5.74, 6) is 0.984. The molecule has 3 rings (SSSR count). The van der Waals surface area contributed by atoms with Crippen LogP contribution in [-0.2, 0) is 4.84 Å². The van der Waals surface area contributed by atoms with Crippen molar-refractivity contribution in [2.75, 3.05) is 0 Å². The summed E-state index contributed by atoms with van der Waals surface area (Å²) in [6, 6.07) is 10.9. The molecule has 0 saturated heterocycles. The summed E-state index contributed by atoms with van der Waals surface area (Å²) in [4.78, 5) is 6.17. The van der Waals surface area contributed by atoms with E-state index < -0.39 is 6.10 Å². The molecule has 3 aromatic rings. The summed E-state index contributed by atoms with van der Waals surface area (Å²) in [6.45, 7) is 1.75. The Morgan fingerprint density at radius 2 is 2.22 bits per heavy atom. The minimum atomic E-state index is -0.519. The number of nitrogens with zero attached hydrogens (tertiary/aromatic N) is 3. The topological polar surface area (TPSA) is 86.5 Å². The molecular formula is C15H13ClN4O2S. The van der Waals surface area contributed by atoms with Crippen molar-refractivity contribution in [2.24, 2.45) is 10.9 Å². The molecule has 0 radical (unpaired) electrons. The number of rotatable bonds is 5. The Balaban J connectivity index is 1.71. The molecule has 2 heterocycles. The van der Waals surface area contributed by atoms with Gasteiger partial charge in [-0.3, -0.25) is 0 Å². The van der Waals surface area contributed by atoms with Crippen LogP contribution in [-0.4, -0.2) is 16.0 Å². The van der Waals surface area contributed by atoms with E-state index in [1.54, 1.807) is 19.1 Å². The number of halogens is 1. The van der Waals surface area contributed by atoms with E-state index in [1.165, 1.54) is 11.3 Å². The summed E-state index contributed by atoms with van der Waals surface area (Å²) < 4.78 is 5.60. The Hall–Kier alpha value is -2.38. The lowest BCUT2D eigenvalue weighted by atomic mass is 10.2. The maximum Gasteiger partial charge on any atom is 0.259 e. The van der Waals surface area contributed by atoms with Crippen LogP contribution in [0.2, 0.25) is 5.02 Å². The zero-order chi connectivity index (χ0) is 16.2. The lowest BCUT2D eigenvalue weighted by molar-refractivity contribution is 0.0527. The van der Waals surface area contributed by atoms with E-state index in [-0.39, 0.29) is 0 Å². The van der Waals surface area contributed by atoms with Crippen LogP contribution >= 0.6 is 22.9 Å². The third-order valence-electron chi connectivity index (χ3n) is 2.94. The Morgan fingerprint density at radius 1 is 1.35 bits per heavy atom. The van der Waals surface area contributed by atoms with Crippen LogP contribution < -0.4 is 5.73 Å². The van der Waals surface area contributed by atoms with Gasteiger partial charge in [-0.05, 0) is 36.6 Å². The Bertz CT molecular complexity index is 817. The second kappa shape index (κ2) is 6.80. The number of hydrogen-bond donors (Lipinski definition) is 1. The van der Waals surface area contributed by atoms with Gasteiger partial charge < -0.3 is 15.0 Å². The number of oxime groups is 1. The predicted molar refractivity (Wildman–Crippen MR) is 89.3 cm³/mol. The van der Waals surface area contributed by atoms with Crippen molar-refractivity contribution in [1.29, 1.82) is 0 Å². The Kier molecular flexibility index (Phi) is 4.59. The van der Waals surface area contributed by atoms with Gasteiger partial charge in [-0.1, -0.05) is 28.9 Å². The average Bonchev–Trinajstić information content (AvgIpc) is 3.23. The van der Waals surface area contributed by atoms with E-state index in [1.807, 2.05) is 29.6 Å². The van der Waals surface area contributed by atoms with Crippen molar-refractivity contribution in [1.82, 2.24) is 10.2 Å². The molecule has 23 heavy (non-hydrogen) atoms. The van der Waals surface area contributed by atoms with Gasteiger partial charge in [-0.25, -0.2) is 0 Å². The van der Waals surface area contributed by atoms with Gasteiger partial charge in [-0.2, -0.15) is 0 Å². The molecule has 0 aliphatic carbocycles. The maximum atomic E-state index is 5.95. The number of thiophene rings is 1. The first kappa shape index (κ1) is 15.5. The van der Waals surface area contributed by atoms with Crippen LogP contribution in [0.25, 0.3) is 11.5 Å². The van der Waals surface area contributed by atoms with E-state index in [9.17, 15) is 0 Å². The molecule has 0 aliphatic heterocycles. The number of aromatic nitrogens is 2. The van der Waals surface area contributed by atoms with E-state index in [0.29, 0.717) is 22.6 Å². The number of benzene rings is 1. The maximum absolute atomic E-state index is 5.95. The molecule has 2 N–H and O–H groups in total. The highest BCUT2D eigenvalue weighted by molar-refractivity contribution is 7.12. The molecule has 118 valence electrons.